The second-order valence-electron chi connectivity index (χ2n) is 3.83. The summed E-state index contributed by atoms with van der Waals surface area (Å²) in [5.74, 6) is -1.34. The first kappa shape index (κ1) is 12.2. The van der Waals surface area contributed by atoms with E-state index in [0.717, 1.165) is 0 Å². The van der Waals surface area contributed by atoms with Crippen molar-refractivity contribution in [3.05, 3.63) is 11.9 Å². The molecule has 1 fully saturated rings. The molecule has 1 aromatic heterocycles. The smallest absolute Gasteiger partial charge is 0.246 e. The third-order valence-corrected chi connectivity index (χ3v) is 2.39. The molecule has 2 heterocycles. The number of carbonyl (C=O) groups excluding carboxylic acids is 3. The van der Waals surface area contributed by atoms with Gasteiger partial charge < -0.3 is 10.6 Å². The van der Waals surface area contributed by atoms with E-state index in [9.17, 15) is 14.4 Å². The quantitative estimate of drug-likeness (QED) is 0.561. The molecule has 0 saturated carbocycles. The molecule has 3 amide bonds. The molecule has 0 unspecified atom stereocenters. The predicted molar refractivity (Wildman–Crippen MR) is 57.6 cm³/mol. The normalized spacial score (nSPS) is 15.7. The number of piperazine rings is 1. The Morgan fingerprint density at radius 3 is 2.61 bits per heavy atom. The summed E-state index contributed by atoms with van der Waals surface area (Å²) in [4.78, 5) is 35.2. The number of rotatable bonds is 3. The average molecular weight is 252 g/mol. The molecule has 0 atom stereocenters. The van der Waals surface area contributed by atoms with Crippen molar-refractivity contribution in [1.29, 1.82) is 0 Å². The third-order valence-electron chi connectivity index (χ3n) is 2.39. The lowest BCUT2D eigenvalue weighted by Crippen LogP contribution is -2.54. The van der Waals surface area contributed by atoms with Crippen LogP contribution < -0.4 is 11.1 Å². The zero-order valence-corrected chi connectivity index (χ0v) is 9.50. The summed E-state index contributed by atoms with van der Waals surface area (Å²) >= 11 is 0. The number of nitrogens with one attached hydrogen (secondary N) is 1. The van der Waals surface area contributed by atoms with Crippen molar-refractivity contribution in [3.8, 4) is 0 Å². The first-order chi connectivity index (χ1) is 8.58. The van der Waals surface area contributed by atoms with E-state index in [1.54, 1.807) is 6.20 Å². The number of hydrogen-bond donors (Lipinski definition) is 2. The van der Waals surface area contributed by atoms with Crippen molar-refractivity contribution in [3.63, 3.8) is 0 Å². The highest BCUT2D eigenvalue weighted by Crippen LogP contribution is 1.99. The molecular formula is C9H12N6O3. The highest BCUT2D eigenvalue weighted by Gasteiger charge is 2.26. The van der Waals surface area contributed by atoms with Crippen molar-refractivity contribution < 1.29 is 14.4 Å². The Bertz CT molecular complexity index is 480. The van der Waals surface area contributed by atoms with Gasteiger partial charge in [-0.1, -0.05) is 5.21 Å². The molecule has 1 aromatic rings. The third kappa shape index (κ3) is 2.69. The molecule has 9 nitrogen and oxygen atoms in total. The minimum Gasteiger partial charge on any atom is -0.325 e. The number of nitrogens with zero attached hydrogens (tertiary/aromatic N) is 4. The predicted octanol–water partition coefficient (Wildman–Crippen LogP) is -2.78. The molecule has 1 aliphatic heterocycles. The topological polar surface area (TPSA) is 123 Å². The lowest BCUT2D eigenvalue weighted by molar-refractivity contribution is -0.145. The van der Waals surface area contributed by atoms with E-state index in [0.29, 0.717) is 5.69 Å². The van der Waals surface area contributed by atoms with Crippen LogP contribution >= 0.6 is 0 Å². The van der Waals surface area contributed by atoms with E-state index in [-0.39, 0.29) is 32.1 Å². The van der Waals surface area contributed by atoms with Crippen LogP contribution in [0.5, 0.6) is 0 Å². The van der Waals surface area contributed by atoms with E-state index in [2.05, 4.69) is 15.6 Å². The molecule has 2 rings (SSSR count). The fraction of sp³-hybridized carbons (Fsp3) is 0.444. The molecule has 0 aromatic carbocycles. The average Bonchev–Trinajstić information content (AvgIpc) is 2.75. The van der Waals surface area contributed by atoms with Crippen molar-refractivity contribution in [2.24, 2.45) is 5.73 Å². The summed E-state index contributed by atoms with van der Waals surface area (Å²) < 4.78 is 1.32. The van der Waals surface area contributed by atoms with Gasteiger partial charge in [-0.05, 0) is 0 Å². The molecule has 18 heavy (non-hydrogen) atoms. The maximum atomic E-state index is 11.8. The number of hydrogen-bond acceptors (Lipinski definition) is 6. The van der Waals surface area contributed by atoms with Crippen LogP contribution in [0, 0.1) is 0 Å². The van der Waals surface area contributed by atoms with Crippen molar-refractivity contribution in [2.45, 2.75) is 13.1 Å². The van der Waals surface area contributed by atoms with E-state index in [4.69, 9.17) is 5.73 Å². The fourth-order valence-electron chi connectivity index (χ4n) is 1.56. The van der Waals surface area contributed by atoms with Crippen LogP contribution in [0.1, 0.15) is 5.69 Å². The van der Waals surface area contributed by atoms with Crippen LogP contribution in [0.25, 0.3) is 0 Å². The van der Waals surface area contributed by atoms with Crippen molar-refractivity contribution in [2.75, 3.05) is 13.1 Å². The van der Waals surface area contributed by atoms with Gasteiger partial charge in [0.25, 0.3) is 0 Å². The van der Waals surface area contributed by atoms with Crippen LogP contribution in [-0.2, 0) is 27.5 Å². The van der Waals surface area contributed by atoms with Gasteiger partial charge in [0.2, 0.25) is 17.7 Å². The Morgan fingerprint density at radius 2 is 2.06 bits per heavy atom. The van der Waals surface area contributed by atoms with Crippen LogP contribution in [0.3, 0.4) is 0 Å². The lowest BCUT2D eigenvalue weighted by atomic mass is 10.3. The Hall–Kier alpha value is -2.29. The minimum absolute atomic E-state index is 0.0758. The maximum absolute atomic E-state index is 11.8. The second kappa shape index (κ2) is 4.92. The minimum atomic E-state index is -0.485. The van der Waals surface area contributed by atoms with Gasteiger partial charge in [-0.2, -0.15) is 0 Å². The molecular weight excluding hydrogens is 240 g/mol. The highest BCUT2D eigenvalue weighted by molar-refractivity contribution is 6.02. The van der Waals surface area contributed by atoms with Crippen molar-refractivity contribution in [1.82, 2.24) is 25.2 Å². The summed E-state index contributed by atoms with van der Waals surface area (Å²) in [6, 6.07) is 0. The molecule has 9 heteroatoms. The standard InChI is InChI=1S/C9H12N6O3/c10-1-6-2-15(13-12-6)5-9(18)14-3-7(16)11-8(17)4-14/h2H,1,3-5,10H2,(H,11,16,17). The van der Waals surface area contributed by atoms with Gasteiger partial charge in [0.1, 0.15) is 19.6 Å². The second-order valence-corrected chi connectivity index (χ2v) is 3.83. The Kier molecular flexibility index (Phi) is 3.33. The summed E-state index contributed by atoms with van der Waals surface area (Å²) in [6.45, 7) is -0.0849. The van der Waals surface area contributed by atoms with Gasteiger partial charge >= 0.3 is 0 Å². The largest absolute Gasteiger partial charge is 0.325 e. The zero-order valence-electron chi connectivity index (χ0n) is 9.50. The first-order valence-electron chi connectivity index (χ1n) is 5.28. The Morgan fingerprint density at radius 1 is 1.39 bits per heavy atom. The molecule has 0 aliphatic carbocycles. The van der Waals surface area contributed by atoms with Gasteiger partial charge in [0.05, 0.1) is 11.9 Å². The van der Waals surface area contributed by atoms with Crippen LogP contribution in [0.4, 0.5) is 0 Å². The SMILES string of the molecule is NCc1cn(CC(=O)N2CC(=O)NC(=O)C2)nn1. The van der Waals surface area contributed by atoms with Gasteiger partial charge in [0.15, 0.2) is 0 Å². The maximum Gasteiger partial charge on any atom is 0.246 e. The first-order valence-corrected chi connectivity index (χ1v) is 5.28. The van der Waals surface area contributed by atoms with Crippen LogP contribution in [0.15, 0.2) is 6.20 Å². The molecule has 1 saturated heterocycles. The molecule has 3 N–H and O–H groups in total. The monoisotopic (exact) mass is 252 g/mol. The van der Waals surface area contributed by atoms with E-state index >= 15 is 0 Å². The van der Waals surface area contributed by atoms with Crippen LogP contribution in [-0.4, -0.2) is 50.7 Å². The van der Waals surface area contributed by atoms with Gasteiger partial charge in [-0.15, -0.1) is 5.10 Å². The number of amides is 3. The fourth-order valence-corrected chi connectivity index (χ4v) is 1.56. The molecule has 0 radical (unpaired) electrons. The van der Waals surface area contributed by atoms with Gasteiger partial charge in [0, 0.05) is 6.54 Å². The molecule has 0 bridgehead atoms. The summed E-state index contributed by atoms with van der Waals surface area (Å²) in [6.07, 6.45) is 1.55. The van der Waals surface area contributed by atoms with Crippen LogP contribution in [0.2, 0.25) is 0 Å². The number of nitrogens with two attached hydrogens (primary N) is 1. The van der Waals surface area contributed by atoms with E-state index < -0.39 is 11.8 Å². The summed E-state index contributed by atoms with van der Waals surface area (Å²) in [5.41, 5.74) is 5.93. The number of aromatic nitrogens is 3. The lowest BCUT2D eigenvalue weighted by Gasteiger charge is -2.25. The van der Waals surface area contributed by atoms with Crippen molar-refractivity contribution >= 4 is 17.7 Å². The zero-order chi connectivity index (χ0) is 13.1. The molecule has 0 spiro atoms. The summed E-state index contributed by atoms with van der Waals surface area (Å²) in [5, 5.41) is 9.57. The van der Waals surface area contributed by atoms with Gasteiger partial charge in [-0.3, -0.25) is 19.7 Å². The number of carbonyl (C=O) groups is 3. The molecule has 1 aliphatic rings. The Labute approximate surface area is 102 Å². The molecule has 96 valence electrons. The Balaban J connectivity index is 1.98. The number of imide groups is 1. The van der Waals surface area contributed by atoms with Gasteiger partial charge in [-0.25, -0.2) is 4.68 Å². The van der Waals surface area contributed by atoms with E-state index in [1.807, 2.05) is 0 Å². The highest BCUT2D eigenvalue weighted by atomic mass is 16.2. The van der Waals surface area contributed by atoms with E-state index in [1.165, 1.54) is 9.58 Å². The summed E-state index contributed by atoms with van der Waals surface area (Å²) in [7, 11) is 0.